The first kappa shape index (κ1) is 34.7. The van der Waals surface area contributed by atoms with Gasteiger partial charge in [-0.3, -0.25) is 24.5 Å². The third kappa shape index (κ3) is 7.33. The molecule has 3 amide bonds. The molecule has 4 fully saturated rings. The molecule has 1 unspecified atom stereocenters. The van der Waals surface area contributed by atoms with E-state index in [2.05, 4.69) is 79.8 Å². The molecule has 3 aliphatic heterocycles. The second kappa shape index (κ2) is 14.5. The zero-order chi connectivity index (χ0) is 35.0. The molecule has 2 N–H and O–H groups in total. The predicted octanol–water partition coefficient (Wildman–Crippen LogP) is 6.15. The number of pyridine rings is 1. The van der Waals surface area contributed by atoms with Gasteiger partial charge in [-0.25, -0.2) is 0 Å². The molecule has 3 atom stereocenters. The Balaban J connectivity index is 0.901. The Hall–Kier alpha value is -3.76. The van der Waals surface area contributed by atoms with Crippen LogP contribution in [0.25, 0.3) is 0 Å². The molecule has 10 heteroatoms. The maximum Gasteiger partial charge on any atom is 0.266 e. The molecule has 4 heterocycles. The summed E-state index contributed by atoms with van der Waals surface area (Å²) in [6.07, 6.45) is 10.5. The lowest BCUT2D eigenvalue weighted by molar-refractivity contribution is -0.134. The smallest absolute Gasteiger partial charge is 0.266 e. The fraction of sp³-hybridized carbons (Fsp3) is 0.500. The number of nitrogens with zero attached hydrogens (tertiary/aromatic N) is 3. The van der Waals surface area contributed by atoms with Crippen LogP contribution in [0.5, 0.6) is 0 Å². The Morgan fingerprint density at radius 3 is 2.14 bits per heavy atom. The van der Waals surface area contributed by atoms with Crippen molar-refractivity contribution < 1.29 is 14.4 Å². The summed E-state index contributed by atoms with van der Waals surface area (Å²) in [4.78, 5) is 54.2. The number of likely N-dealkylation sites (N-methyl/N-ethyl adjacent to an activating group) is 1. The second-order valence-electron chi connectivity index (χ2n) is 15.3. The maximum absolute atomic E-state index is 13.6. The fourth-order valence-corrected chi connectivity index (χ4v) is 9.46. The average Bonchev–Trinajstić information content (AvgIpc) is 3.12. The lowest BCUT2D eigenvalue weighted by Crippen LogP contribution is -2.44. The number of aryl methyl sites for hydroxylation is 1. The van der Waals surface area contributed by atoms with Crippen LogP contribution in [-0.2, 0) is 16.6 Å². The van der Waals surface area contributed by atoms with Gasteiger partial charge in [0, 0.05) is 57.4 Å². The van der Waals surface area contributed by atoms with Crippen molar-refractivity contribution in [3.05, 3.63) is 97.9 Å². The van der Waals surface area contributed by atoms with Gasteiger partial charge in [0.05, 0.1) is 11.6 Å². The highest BCUT2D eigenvalue weighted by Crippen LogP contribution is 2.49. The van der Waals surface area contributed by atoms with Gasteiger partial charge in [-0.15, -0.1) is 0 Å². The van der Waals surface area contributed by atoms with Crippen LogP contribution in [0, 0.1) is 5.41 Å². The van der Waals surface area contributed by atoms with E-state index in [-0.39, 0.29) is 35.2 Å². The molecule has 2 aromatic carbocycles. The van der Waals surface area contributed by atoms with Crippen LogP contribution in [0.2, 0.25) is 0 Å². The van der Waals surface area contributed by atoms with Crippen molar-refractivity contribution in [1.82, 2.24) is 19.7 Å². The zero-order valence-electron chi connectivity index (χ0n) is 29.1. The number of benzene rings is 2. The second-order valence-corrected chi connectivity index (χ2v) is 16.1. The summed E-state index contributed by atoms with van der Waals surface area (Å²) in [7, 11) is 3.89. The Bertz CT molecular complexity index is 1790. The van der Waals surface area contributed by atoms with E-state index in [9.17, 15) is 19.2 Å². The largest absolute Gasteiger partial charge is 0.380 e. The van der Waals surface area contributed by atoms with Gasteiger partial charge in [-0.1, -0.05) is 36.4 Å². The predicted molar refractivity (Wildman–Crippen MR) is 198 cm³/mol. The Morgan fingerprint density at radius 2 is 1.46 bits per heavy atom. The molecule has 1 aliphatic carbocycles. The van der Waals surface area contributed by atoms with Crippen molar-refractivity contribution in [2.24, 2.45) is 12.5 Å². The van der Waals surface area contributed by atoms with Crippen LogP contribution < -0.4 is 16.2 Å². The van der Waals surface area contributed by atoms with Crippen molar-refractivity contribution >= 4 is 39.3 Å². The summed E-state index contributed by atoms with van der Waals surface area (Å²) in [5.74, 6) is 0.391. The van der Waals surface area contributed by atoms with E-state index < -0.39 is 0 Å². The van der Waals surface area contributed by atoms with Gasteiger partial charge < -0.3 is 19.7 Å². The molecular formula is C40H48BrN5O4. The molecule has 3 aromatic rings. The van der Waals surface area contributed by atoms with Crippen molar-refractivity contribution in [2.45, 2.75) is 81.6 Å². The molecule has 9 nitrogen and oxygen atoms in total. The highest BCUT2D eigenvalue weighted by Gasteiger charge is 2.39. The molecule has 0 radical (unpaired) electrons. The number of likely N-dealkylation sites (tertiary alicyclic amines) is 2. The van der Waals surface area contributed by atoms with Crippen LogP contribution in [-0.4, -0.2) is 71.4 Å². The van der Waals surface area contributed by atoms with Gasteiger partial charge in [0.25, 0.3) is 11.5 Å². The van der Waals surface area contributed by atoms with Crippen molar-refractivity contribution in [3.8, 4) is 0 Å². The van der Waals surface area contributed by atoms with E-state index in [0.29, 0.717) is 34.6 Å². The fourth-order valence-electron chi connectivity index (χ4n) is 8.93. The van der Waals surface area contributed by atoms with Crippen molar-refractivity contribution in [2.75, 3.05) is 38.5 Å². The summed E-state index contributed by atoms with van der Waals surface area (Å²) in [5, 5.41) is 6.06. The van der Waals surface area contributed by atoms with Crippen LogP contribution in [0.4, 0.5) is 5.69 Å². The number of rotatable bonds is 6. The average molecular weight is 743 g/mol. The minimum absolute atomic E-state index is 0.0556. The first-order valence-electron chi connectivity index (χ1n) is 18.2. The summed E-state index contributed by atoms with van der Waals surface area (Å²) >= 11 is 3.47. The number of halogens is 1. The topological polar surface area (TPSA) is 104 Å². The number of piperidine rings is 3. The molecule has 4 aliphatic rings. The summed E-state index contributed by atoms with van der Waals surface area (Å²) in [6.45, 7) is 3.47. The zero-order valence-corrected chi connectivity index (χ0v) is 30.7. The number of hydrogen-bond acceptors (Lipinski definition) is 6. The van der Waals surface area contributed by atoms with E-state index in [1.165, 1.54) is 24.0 Å². The molecule has 1 spiro atoms. The van der Waals surface area contributed by atoms with Crippen LogP contribution >= 0.6 is 15.9 Å². The SMILES string of the molecule is CN1C[C@H](Nc2ccn(C)c(=O)c2Br)C[C@H](c2ccc(C(=O)N3CCC4(CCC(c5ccc(C6CCC(=O)NC6=O)cc5)CC4)CC3)cc2)C1. The highest BCUT2D eigenvalue weighted by atomic mass is 79.9. The maximum atomic E-state index is 13.6. The third-order valence-corrected chi connectivity index (χ3v) is 12.8. The quantitative estimate of drug-likeness (QED) is 0.294. The monoisotopic (exact) mass is 741 g/mol. The van der Waals surface area contributed by atoms with E-state index in [4.69, 9.17) is 0 Å². The molecular weight excluding hydrogens is 694 g/mol. The first-order chi connectivity index (χ1) is 24.1. The third-order valence-electron chi connectivity index (χ3n) is 12.0. The number of amides is 3. The van der Waals surface area contributed by atoms with E-state index >= 15 is 0 Å². The summed E-state index contributed by atoms with van der Waals surface area (Å²) < 4.78 is 2.12. The number of hydrogen-bond donors (Lipinski definition) is 2. The lowest BCUT2D eigenvalue weighted by atomic mass is 9.64. The Labute approximate surface area is 302 Å². The Morgan fingerprint density at radius 1 is 0.820 bits per heavy atom. The molecule has 3 saturated heterocycles. The van der Waals surface area contributed by atoms with Gasteiger partial charge in [0.1, 0.15) is 4.47 Å². The standard InChI is InChI=1S/C40H48BrN5O4/c1-44-24-31(23-32(25-44)42-34-15-20-45(2)39(50)36(34)41)27-5-9-30(10-6-27)38(49)46-21-18-40(19-22-46)16-13-28(14-17-40)26-3-7-29(8-4-26)33-11-12-35(47)43-37(33)48/h3-10,15,20,28,31-33,42H,11-14,16-19,21-25H2,1-2H3,(H,43,47,48)/t31-,32+,33?/m0/s1. The lowest BCUT2D eigenvalue weighted by Gasteiger charge is -2.46. The minimum Gasteiger partial charge on any atom is -0.380 e. The van der Waals surface area contributed by atoms with Crippen LogP contribution in [0.1, 0.15) is 103 Å². The molecule has 50 heavy (non-hydrogen) atoms. The van der Waals surface area contributed by atoms with Gasteiger partial charge in [-0.2, -0.15) is 0 Å². The normalized spacial score (nSPS) is 24.6. The number of carbonyl (C=O) groups excluding carboxylic acids is 3. The number of anilines is 1. The van der Waals surface area contributed by atoms with Crippen LogP contribution in [0.3, 0.4) is 0 Å². The molecule has 0 bridgehead atoms. The van der Waals surface area contributed by atoms with E-state index in [1.54, 1.807) is 17.8 Å². The summed E-state index contributed by atoms with van der Waals surface area (Å²) in [5.41, 5.74) is 5.43. The van der Waals surface area contributed by atoms with Gasteiger partial charge in [0.2, 0.25) is 11.8 Å². The molecule has 1 aromatic heterocycles. The summed E-state index contributed by atoms with van der Waals surface area (Å²) in [6, 6.07) is 18.9. The molecule has 7 rings (SSSR count). The Kier molecular flexibility index (Phi) is 10.0. The number of imide groups is 1. The van der Waals surface area contributed by atoms with Crippen molar-refractivity contribution in [1.29, 1.82) is 0 Å². The van der Waals surface area contributed by atoms with Gasteiger partial charge >= 0.3 is 0 Å². The van der Waals surface area contributed by atoms with Crippen LogP contribution in [0.15, 0.2) is 70.1 Å². The first-order valence-corrected chi connectivity index (χ1v) is 19.0. The van der Waals surface area contributed by atoms with Gasteiger partial charge in [-0.05, 0) is 126 Å². The van der Waals surface area contributed by atoms with Gasteiger partial charge in [0.15, 0.2) is 0 Å². The number of nitrogens with one attached hydrogen (secondary N) is 2. The van der Waals surface area contributed by atoms with E-state index in [0.717, 1.165) is 75.1 Å². The van der Waals surface area contributed by atoms with E-state index in [1.807, 2.05) is 18.2 Å². The highest BCUT2D eigenvalue weighted by molar-refractivity contribution is 9.10. The molecule has 1 saturated carbocycles. The van der Waals surface area contributed by atoms with Crippen molar-refractivity contribution in [3.63, 3.8) is 0 Å². The molecule has 264 valence electrons. The minimum atomic E-state index is -0.237. The number of aromatic nitrogens is 1. The number of carbonyl (C=O) groups is 3.